The first-order valence-electron chi connectivity index (χ1n) is 8.11. The van der Waals surface area contributed by atoms with E-state index in [2.05, 4.69) is 15.4 Å². The van der Waals surface area contributed by atoms with Gasteiger partial charge in [0.2, 0.25) is 11.8 Å². The van der Waals surface area contributed by atoms with Crippen LogP contribution in [-0.2, 0) is 19.1 Å². The zero-order valence-corrected chi connectivity index (χ0v) is 15.5. The van der Waals surface area contributed by atoms with Gasteiger partial charge in [-0.15, -0.1) is 0 Å². The van der Waals surface area contributed by atoms with Crippen molar-refractivity contribution in [2.75, 3.05) is 20.2 Å². The summed E-state index contributed by atoms with van der Waals surface area (Å²) in [7, 11) is 1.25. The van der Waals surface area contributed by atoms with E-state index in [4.69, 9.17) is 12.2 Å². The number of nitrogens with zero attached hydrogens (tertiary/aromatic N) is 1. The third kappa shape index (κ3) is 5.38. The molecule has 7 nitrogen and oxygen atoms in total. The molecule has 138 valence electrons. The lowest BCUT2D eigenvalue weighted by Gasteiger charge is -2.35. The Hall–Kier alpha value is -2.74. The fraction of sp³-hybridized carbons (Fsp3) is 0.333. The fourth-order valence-corrected chi connectivity index (χ4v) is 2.79. The molecule has 1 aliphatic rings. The Morgan fingerprint density at radius 2 is 2.08 bits per heavy atom. The maximum atomic E-state index is 12.1. The van der Waals surface area contributed by atoms with Crippen LogP contribution in [0.2, 0.25) is 0 Å². The van der Waals surface area contributed by atoms with Gasteiger partial charge >= 0.3 is 5.97 Å². The summed E-state index contributed by atoms with van der Waals surface area (Å²) in [5, 5.41) is 5.35. The van der Waals surface area contributed by atoms with Crippen molar-refractivity contribution in [1.82, 2.24) is 15.5 Å². The van der Waals surface area contributed by atoms with Gasteiger partial charge in [0.25, 0.3) is 0 Å². The molecule has 1 heterocycles. The molecular formula is C18H21N3O4S. The molecule has 2 amide bonds. The molecule has 1 aromatic carbocycles. The number of rotatable bonds is 4. The molecule has 0 aromatic heterocycles. The van der Waals surface area contributed by atoms with E-state index in [-0.39, 0.29) is 17.4 Å². The lowest BCUT2D eigenvalue weighted by atomic mass is 10.1. The average Bonchev–Trinajstić information content (AvgIpc) is 2.62. The van der Waals surface area contributed by atoms with Gasteiger partial charge in [0.1, 0.15) is 6.04 Å². The van der Waals surface area contributed by atoms with E-state index in [1.54, 1.807) is 6.08 Å². The van der Waals surface area contributed by atoms with E-state index < -0.39 is 17.9 Å². The third-order valence-electron chi connectivity index (χ3n) is 3.91. The second-order valence-electron chi connectivity index (χ2n) is 5.82. The maximum Gasteiger partial charge on any atom is 0.308 e. The van der Waals surface area contributed by atoms with Crippen LogP contribution in [-0.4, -0.2) is 54.0 Å². The zero-order chi connectivity index (χ0) is 19.1. The Kier molecular flexibility index (Phi) is 6.85. The number of carbonyl (C=O) groups excluding carboxylic acids is 3. The van der Waals surface area contributed by atoms with Gasteiger partial charge in [-0.05, 0) is 30.8 Å². The Morgan fingerprint density at radius 3 is 2.73 bits per heavy atom. The fourth-order valence-electron chi connectivity index (χ4n) is 2.47. The number of amides is 2. The van der Waals surface area contributed by atoms with Crippen LogP contribution in [0.1, 0.15) is 17.5 Å². The van der Waals surface area contributed by atoms with Crippen LogP contribution in [0.25, 0.3) is 6.08 Å². The van der Waals surface area contributed by atoms with Gasteiger partial charge in [0.05, 0.1) is 13.5 Å². The molecule has 1 aromatic rings. The molecule has 8 heteroatoms. The number of hydrogen-bond acceptors (Lipinski definition) is 5. The molecule has 1 atom stereocenters. The van der Waals surface area contributed by atoms with Gasteiger partial charge in [-0.3, -0.25) is 19.7 Å². The van der Waals surface area contributed by atoms with Crippen molar-refractivity contribution in [2.45, 2.75) is 19.4 Å². The van der Waals surface area contributed by atoms with E-state index in [0.717, 1.165) is 11.1 Å². The predicted octanol–water partition coefficient (Wildman–Crippen LogP) is 0.773. The molecule has 0 bridgehead atoms. The van der Waals surface area contributed by atoms with Crippen molar-refractivity contribution in [1.29, 1.82) is 0 Å². The average molecular weight is 375 g/mol. The van der Waals surface area contributed by atoms with Crippen molar-refractivity contribution in [2.24, 2.45) is 0 Å². The third-order valence-corrected chi connectivity index (χ3v) is 4.25. The van der Waals surface area contributed by atoms with Crippen molar-refractivity contribution >= 4 is 41.2 Å². The number of esters is 1. The lowest BCUT2D eigenvalue weighted by Crippen LogP contribution is -2.60. The molecule has 1 saturated heterocycles. The normalized spacial score (nSPS) is 16.9. The standard InChI is InChI=1S/C18H21N3O4S/c1-12-3-5-13(6-4-12)7-8-15(22)20-18(26)21-10-9-19-17(24)14(21)11-16(23)25-2/h3-8,14H,9-11H2,1-2H3,(H,19,24)(H,20,22,26). The minimum atomic E-state index is -0.801. The smallest absolute Gasteiger partial charge is 0.308 e. The summed E-state index contributed by atoms with van der Waals surface area (Å²) in [5.41, 5.74) is 2.02. The first kappa shape index (κ1) is 19.6. The van der Waals surface area contributed by atoms with Gasteiger partial charge in [0, 0.05) is 19.2 Å². The second kappa shape index (κ2) is 9.10. The molecule has 2 rings (SSSR count). The SMILES string of the molecule is COC(=O)CC1C(=O)NCCN1C(=S)NC(=O)C=Cc1ccc(C)cc1. The largest absolute Gasteiger partial charge is 0.469 e. The van der Waals surface area contributed by atoms with E-state index in [9.17, 15) is 14.4 Å². The minimum absolute atomic E-state index is 0.104. The van der Waals surface area contributed by atoms with Crippen LogP contribution in [0.3, 0.4) is 0 Å². The number of thiocarbonyl (C=S) groups is 1. The molecule has 26 heavy (non-hydrogen) atoms. The summed E-state index contributed by atoms with van der Waals surface area (Å²) in [6.45, 7) is 2.76. The molecule has 0 aliphatic carbocycles. The molecule has 1 fully saturated rings. The topological polar surface area (TPSA) is 87.7 Å². The molecule has 1 unspecified atom stereocenters. The highest BCUT2D eigenvalue weighted by molar-refractivity contribution is 7.80. The van der Waals surface area contributed by atoms with Crippen LogP contribution >= 0.6 is 12.2 Å². The van der Waals surface area contributed by atoms with Crippen molar-refractivity contribution < 1.29 is 19.1 Å². The van der Waals surface area contributed by atoms with Gasteiger partial charge in [-0.1, -0.05) is 29.8 Å². The number of aryl methyl sites for hydroxylation is 1. The second-order valence-corrected chi connectivity index (χ2v) is 6.21. The van der Waals surface area contributed by atoms with Crippen LogP contribution in [0, 0.1) is 6.92 Å². The number of carbonyl (C=O) groups is 3. The van der Waals surface area contributed by atoms with E-state index >= 15 is 0 Å². The molecule has 0 radical (unpaired) electrons. The highest BCUT2D eigenvalue weighted by Gasteiger charge is 2.33. The summed E-state index contributed by atoms with van der Waals surface area (Å²) < 4.78 is 4.62. The summed E-state index contributed by atoms with van der Waals surface area (Å²) in [6.07, 6.45) is 2.90. The Balaban J connectivity index is 1.99. The molecule has 0 saturated carbocycles. The monoisotopic (exact) mass is 375 g/mol. The van der Waals surface area contributed by atoms with Crippen molar-refractivity contribution in [3.8, 4) is 0 Å². The number of ether oxygens (including phenoxy) is 1. The van der Waals surface area contributed by atoms with Crippen LogP contribution in [0.15, 0.2) is 30.3 Å². The lowest BCUT2D eigenvalue weighted by molar-refractivity contribution is -0.144. The number of methoxy groups -OCH3 is 1. The molecule has 0 spiro atoms. The van der Waals surface area contributed by atoms with Crippen molar-refractivity contribution in [3.63, 3.8) is 0 Å². The Morgan fingerprint density at radius 1 is 1.38 bits per heavy atom. The Bertz CT molecular complexity index is 730. The van der Waals surface area contributed by atoms with Gasteiger partial charge in [-0.25, -0.2) is 0 Å². The minimum Gasteiger partial charge on any atom is -0.469 e. The predicted molar refractivity (Wildman–Crippen MR) is 101 cm³/mol. The van der Waals surface area contributed by atoms with E-state index in [1.807, 2.05) is 31.2 Å². The zero-order valence-electron chi connectivity index (χ0n) is 14.7. The highest BCUT2D eigenvalue weighted by Crippen LogP contribution is 2.10. The van der Waals surface area contributed by atoms with Gasteiger partial charge in [0.15, 0.2) is 5.11 Å². The van der Waals surface area contributed by atoms with Gasteiger partial charge < -0.3 is 15.0 Å². The number of piperazine rings is 1. The molecular weight excluding hydrogens is 354 g/mol. The van der Waals surface area contributed by atoms with Crippen LogP contribution < -0.4 is 10.6 Å². The van der Waals surface area contributed by atoms with E-state index in [1.165, 1.54) is 18.1 Å². The molecule has 2 N–H and O–H groups in total. The maximum absolute atomic E-state index is 12.1. The summed E-state index contributed by atoms with van der Waals surface area (Å²) in [4.78, 5) is 37.2. The van der Waals surface area contributed by atoms with Crippen LogP contribution in [0.4, 0.5) is 0 Å². The number of benzene rings is 1. The first-order chi connectivity index (χ1) is 12.4. The summed E-state index contributed by atoms with van der Waals surface area (Å²) >= 11 is 5.25. The van der Waals surface area contributed by atoms with E-state index in [0.29, 0.717) is 13.1 Å². The summed E-state index contributed by atoms with van der Waals surface area (Å²) in [6, 6.07) is 6.90. The first-order valence-corrected chi connectivity index (χ1v) is 8.52. The quantitative estimate of drug-likeness (QED) is 0.459. The highest BCUT2D eigenvalue weighted by atomic mass is 32.1. The number of nitrogens with one attached hydrogen (secondary N) is 2. The van der Waals surface area contributed by atoms with Crippen LogP contribution in [0.5, 0.6) is 0 Å². The molecule has 1 aliphatic heterocycles. The van der Waals surface area contributed by atoms with Crippen molar-refractivity contribution in [3.05, 3.63) is 41.5 Å². The number of hydrogen-bond donors (Lipinski definition) is 2. The van der Waals surface area contributed by atoms with Gasteiger partial charge in [-0.2, -0.15) is 0 Å². The Labute approximate surface area is 157 Å². The summed E-state index contributed by atoms with van der Waals surface area (Å²) in [5.74, 6) is -1.25.